The van der Waals surface area contributed by atoms with Gasteiger partial charge >= 0.3 is 0 Å². The second-order valence-electron chi connectivity index (χ2n) is 4.47. The lowest BCUT2D eigenvalue weighted by Gasteiger charge is -2.13. The zero-order valence-electron chi connectivity index (χ0n) is 10.8. The van der Waals surface area contributed by atoms with Gasteiger partial charge in [0.15, 0.2) is 0 Å². The highest BCUT2D eigenvalue weighted by atomic mass is 35.5. The van der Waals surface area contributed by atoms with E-state index >= 15 is 0 Å². The third-order valence-corrected chi connectivity index (χ3v) is 5.42. The van der Waals surface area contributed by atoms with Crippen LogP contribution in [0.25, 0.3) is 0 Å². The van der Waals surface area contributed by atoms with Crippen molar-refractivity contribution in [2.45, 2.75) is 17.9 Å². The second kappa shape index (κ2) is 6.70. The van der Waals surface area contributed by atoms with Gasteiger partial charge in [-0.25, -0.2) is 4.39 Å². The molecule has 5 heteroatoms. The molecule has 0 saturated carbocycles. The van der Waals surface area contributed by atoms with Crippen molar-refractivity contribution in [1.29, 1.82) is 0 Å². The molecule has 0 amide bonds. The molecule has 106 valence electrons. The van der Waals surface area contributed by atoms with Crippen LogP contribution in [-0.2, 0) is 16.6 Å². The summed E-state index contributed by atoms with van der Waals surface area (Å²) in [7, 11) is -1.16. The predicted octanol–water partition coefficient (Wildman–Crippen LogP) is 5.14. The molecule has 0 bridgehead atoms. The van der Waals surface area contributed by atoms with Gasteiger partial charge in [-0.2, -0.15) is 0 Å². The van der Waals surface area contributed by atoms with Gasteiger partial charge in [-0.3, -0.25) is 4.21 Å². The van der Waals surface area contributed by atoms with Crippen LogP contribution in [0.4, 0.5) is 4.39 Å². The topological polar surface area (TPSA) is 17.1 Å². The van der Waals surface area contributed by atoms with E-state index in [9.17, 15) is 8.60 Å². The molecule has 20 heavy (non-hydrogen) atoms. The molecule has 0 aliphatic carbocycles. The normalized spacial score (nSPS) is 14.0. The van der Waals surface area contributed by atoms with E-state index in [0.29, 0.717) is 15.8 Å². The summed E-state index contributed by atoms with van der Waals surface area (Å²) >= 11 is 11.8. The molecule has 0 saturated heterocycles. The van der Waals surface area contributed by atoms with Gasteiger partial charge in [-0.05, 0) is 42.3 Å². The molecule has 0 fully saturated rings. The van der Waals surface area contributed by atoms with E-state index in [4.69, 9.17) is 23.2 Å². The maximum absolute atomic E-state index is 13.1. The Labute approximate surface area is 130 Å². The van der Waals surface area contributed by atoms with Crippen LogP contribution < -0.4 is 0 Å². The van der Waals surface area contributed by atoms with Crippen LogP contribution in [0.15, 0.2) is 42.5 Å². The van der Waals surface area contributed by atoms with Crippen molar-refractivity contribution in [2.24, 2.45) is 0 Å². The van der Waals surface area contributed by atoms with Gasteiger partial charge in [-0.1, -0.05) is 41.4 Å². The maximum atomic E-state index is 13.1. The van der Waals surface area contributed by atoms with Gasteiger partial charge < -0.3 is 0 Å². The first-order valence-corrected chi connectivity index (χ1v) is 8.17. The van der Waals surface area contributed by atoms with Crippen molar-refractivity contribution in [3.8, 4) is 0 Å². The summed E-state index contributed by atoms with van der Waals surface area (Å²) in [6.45, 7) is 1.86. The molecule has 2 rings (SSSR count). The van der Waals surface area contributed by atoms with Crippen molar-refractivity contribution in [3.05, 3.63) is 69.5 Å². The van der Waals surface area contributed by atoms with Crippen LogP contribution >= 0.6 is 23.2 Å². The van der Waals surface area contributed by atoms with Crippen molar-refractivity contribution in [2.75, 3.05) is 0 Å². The summed E-state index contributed by atoms with van der Waals surface area (Å²) in [6, 6.07) is 11.4. The highest BCUT2D eigenvalue weighted by Crippen LogP contribution is 2.28. The van der Waals surface area contributed by atoms with Crippen molar-refractivity contribution in [1.82, 2.24) is 0 Å². The highest BCUT2D eigenvalue weighted by molar-refractivity contribution is 7.84. The van der Waals surface area contributed by atoms with Gasteiger partial charge in [0.25, 0.3) is 0 Å². The summed E-state index contributed by atoms with van der Waals surface area (Å²) in [4.78, 5) is 0. The minimum Gasteiger partial charge on any atom is -0.259 e. The molecule has 1 nitrogen and oxygen atoms in total. The number of rotatable bonds is 4. The fraction of sp³-hybridized carbons (Fsp3) is 0.200. The Bertz CT molecular complexity index is 646. The second-order valence-corrected chi connectivity index (χ2v) is 7.04. The Morgan fingerprint density at radius 1 is 1.15 bits per heavy atom. The van der Waals surface area contributed by atoms with Gasteiger partial charge in [0.2, 0.25) is 0 Å². The summed E-state index contributed by atoms with van der Waals surface area (Å²) in [5, 5.41) is 0.713. The molecule has 0 aliphatic heterocycles. The Morgan fingerprint density at radius 2 is 1.90 bits per heavy atom. The predicted molar refractivity (Wildman–Crippen MR) is 83.1 cm³/mol. The average molecular weight is 331 g/mol. The first kappa shape index (κ1) is 15.5. The summed E-state index contributed by atoms with van der Waals surface area (Å²) in [6.07, 6.45) is 0. The Balaban J connectivity index is 2.14. The van der Waals surface area contributed by atoms with Crippen LogP contribution in [0.3, 0.4) is 0 Å². The summed E-state index contributed by atoms with van der Waals surface area (Å²) in [5.41, 5.74) is 1.57. The Hall–Kier alpha value is -0.900. The van der Waals surface area contributed by atoms with E-state index in [1.807, 2.05) is 13.0 Å². The number of benzene rings is 2. The van der Waals surface area contributed by atoms with E-state index in [0.717, 1.165) is 11.1 Å². The van der Waals surface area contributed by atoms with Crippen LogP contribution in [-0.4, -0.2) is 4.21 Å². The number of hydrogen-bond acceptors (Lipinski definition) is 1. The smallest absolute Gasteiger partial charge is 0.123 e. The Kier molecular flexibility index (Phi) is 5.19. The Morgan fingerprint density at radius 3 is 2.55 bits per heavy atom. The molecule has 0 aromatic heterocycles. The lowest BCUT2D eigenvalue weighted by molar-refractivity contribution is 0.626. The zero-order chi connectivity index (χ0) is 14.7. The lowest BCUT2D eigenvalue weighted by atomic mass is 10.2. The zero-order valence-corrected chi connectivity index (χ0v) is 13.1. The lowest BCUT2D eigenvalue weighted by Crippen LogP contribution is -2.05. The largest absolute Gasteiger partial charge is 0.259 e. The van der Waals surface area contributed by atoms with Crippen molar-refractivity contribution >= 4 is 34.0 Å². The van der Waals surface area contributed by atoms with Gasteiger partial charge in [-0.15, -0.1) is 0 Å². The fourth-order valence-corrected chi connectivity index (χ4v) is 3.35. The van der Waals surface area contributed by atoms with E-state index < -0.39 is 10.8 Å². The van der Waals surface area contributed by atoms with Crippen LogP contribution in [0.1, 0.15) is 23.3 Å². The molecule has 0 aliphatic rings. The van der Waals surface area contributed by atoms with E-state index in [1.165, 1.54) is 12.1 Å². The molecule has 0 heterocycles. The first-order chi connectivity index (χ1) is 9.47. The van der Waals surface area contributed by atoms with E-state index in [2.05, 4.69) is 0 Å². The molecule has 0 spiro atoms. The molecule has 2 atom stereocenters. The first-order valence-electron chi connectivity index (χ1n) is 6.04. The third kappa shape index (κ3) is 3.81. The van der Waals surface area contributed by atoms with Gasteiger partial charge in [0.05, 0.1) is 15.3 Å². The van der Waals surface area contributed by atoms with Gasteiger partial charge in [0, 0.05) is 16.6 Å². The monoisotopic (exact) mass is 330 g/mol. The molecule has 2 aromatic rings. The molecule has 0 N–H and O–H groups in total. The third-order valence-electron chi connectivity index (χ3n) is 3.01. The highest BCUT2D eigenvalue weighted by Gasteiger charge is 2.15. The van der Waals surface area contributed by atoms with E-state index in [-0.39, 0.29) is 11.1 Å². The number of hydrogen-bond donors (Lipinski definition) is 0. The minimum absolute atomic E-state index is 0.201. The summed E-state index contributed by atoms with van der Waals surface area (Å²) in [5.74, 6) is -0.0131. The number of halogens is 3. The van der Waals surface area contributed by atoms with Crippen molar-refractivity contribution in [3.63, 3.8) is 0 Å². The van der Waals surface area contributed by atoms with Crippen molar-refractivity contribution < 1.29 is 8.60 Å². The van der Waals surface area contributed by atoms with Gasteiger partial charge in [0.1, 0.15) is 5.82 Å². The maximum Gasteiger partial charge on any atom is 0.123 e. The van der Waals surface area contributed by atoms with Crippen LogP contribution in [0.5, 0.6) is 0 Å². The molecular formula is C15H13Cl2FOS. The average Bonchev–Trinajstić information content (AvgIpc) is 2.41. The SMILES string of the molecule is CC(c1ccc(Cl)c(Cl)c1)S(=O)Cc1cccc(F)c1. The standard InChI is InChI=1S/C15H13Cl2FOS/c1-10(12-5-6-14(16)15(17)8-12)20(19)9-11-3-2-4-13(18)7-11/h2-8,10H,9H2,1H3. The molecule has 2 aromatic carbocycles. The van der Waals surface area contributed by atoms with Crippen LogP contribution in [0.2, 0.25) is 10.0 Å². The molecule has 0 radical (unpaired) electrons. The van der Waals surface area contributed by atoms with E-state index in [1.54, 1.807) is 24.3 Å². The molecular weight excluding hydrogens is 318 g/mol. The summed E-state index contributed by atoms with van der Waals surface area (Å²) < 4.78 is 25.4. The fourth-order valence-electron chi connectivity index (χ4n) is 1.83. The quantitative estimate of drug-likeness (QED) is 0.758. The van der Waals surface area contributed by atoms with Crippen LogP contribution in [0, 0.1) is 5.82 Å². The minimum atomic E-state index is -1.16. The molecule has 2 unspecified atom stereocenters.